The topological polar surface area (TPSA) is 87.3 Å². The van der Waals surface area contributed by atoms with Crippen LogP contribution in [-0.2, 0) is 21.7 Å². The van der Waals surface area contributed by atoms with Gasteiger partial charge in [0, 0.05) is 37.8 Å². The summed E-state index contributed by atoms with van der Waals surface area (Å²) in [6.45, 7) is 1.79. The second-order valence-corrected chi connectivity index (χ2v) is 4.33. The Balaban J connectivity index is 2.04. The maximum absolute atomic E-state index is 11.1. The van der Waals surface area contributed by atoms with Crippen LogP contribution < -0.4 is 5.73 Å². The molecule has 2 N–H and O–H groups in total. The van der Waals surface area contributed by atoms with Crippen LogP contribution in [0.15, 0.2) is 6.20 Å². The van der Waals surface area contributed by atoms with Crippen LogP contribution in [0.5, 0.6) is 0 Å². The molecule has 1 fully saturated rings. The molecule has 0 aliphatic carbocycles. The first kappa shape index (κ1) is 10.6. The Kier molecular flexibility index (Phi) is 2.34. The van der Waals surface area contributed by atoms with E-state index in [9.17, 15) is 4.79 Å². The van der Waals surface area contributed by atoms with E-state index in [1.165, 1.54) is 0 Å². The van der Waals surface area contributed by atoms with Gasteiger partial charge < -0.3 is 15.2 Å². The van der Waals surface area contributed by atoms with Crippen LogP contribution in [0.1, 0.15) is 34.7 Å². The smallest absolute Gasteiger partial charge is 0.286 e. The Morgan fingerprint density at radius 3 is 2.88 bits per heavy atom. The maximum atomic E-state index is 11.1. The summed E-state index contributed by atoms with van der Waals surface area (Å²) in [5, 5.41) is 0. The normalized spacial score (nSPS) is 21.4. The molecule has 2 aliphatic heterocycles. The Labute approximate surface area is 98.1 Å². The summed E-state index contributed by atoms with van der Waals surface area (Å²) in [4.78, 5) is 19.3. The predicted molar refractivity (Wildman–Crippen MR) is 57.1 cm³/mol. The quantitative estimate of drug-likeness (QED) is 0.746. The Bertz CT molecular complexity index is 464. The average molecular weight is 235 g/mol. The minimum atomic E-state index is -0.609. The minimum Gasteiger partial charge on any atom is -0.381 e. The lowest BCUT2D eigenvalue weighted by Crippen LogP contribution is -2.34. The molecule has 3 heterocycles. The highest BCUT2D eigenvalue weighted by Crippen LogP contribution is 2.42. The molecule has 0 aromatic carbocycles. The van der Waals surface area contributed by atoms with Crippen molar-refractivity contribution in [1.82, 2.24) is 9.97 Å². The van der Waals surface area contributed by atoms with Gasteiger partial charge >= 0.3 is 0 Å². The fraction of sp³-hybridized carbons (Fsp3) is 0.545. The highest BCUT2D eigenvalue weighted by Gasteiger charge is 2.43. The van der Waals surface area contributed by atoms with Crippen molar-refractivity contribution < 1.29 is 14.3 Å². The summed E-state index contributed by atoms with van der Waals surface area (Å²) in [6.07, 6.45) is 3.15. The van der Waals surface area contributed by atoms with E-state index in [0.717, 1.165) is 24.1 Å². The van der Waals surface area contributed by atoms with Crippen LogP contribution in [-0.4, -0.2) is 29.1 Å². The van der Waals surface area contributed by atoms with E-state index in [1.807, 2.05) is 0 Å². The van der Waals surface area contributed by atoms with E-state index >= 15 is 0 Å². The van der Waals surface area contributed by atoms with Gasteiger partial charge in [0.05, 0.1) is 12.3 Å². The van der Waals surface area contributed by atoms with E-state index in [2.05, 4.69) is 9.97 Å². The van der Waals surface area contributed by atoms with Crippen molar-refractivity contribution in [1.29, 1.82) is 0 Å². The molecule has 1 aromatic heterocycles. The van der Waals surface area contributed by atoms with Gasteiger partial charge in [-0.3, -0.25) is 4.79 Å². The third-order valence-corrected chi connectivity index (χ3v) is 3.32. The molecule has 6 nitrogen and oxygen atoms in total. The molecule has 0 radical (unpaired) electrons. The molecule has 0 bridgehead atoms. The molecule has 1 aromatic rings. The molecule has 0 unspecified atom stereocenters. The first-order valence-corrected chi connectivity index (χ1v) is 5.59. The zero-order valence-corrected chi connectivity index (χ0v) is 9.31. The summed E-state index contributed by atoms with van der Waals surface area (Å²) < 4.78 is 11.2. The van der Waals surface area contributed by atoms with Gasteiger partial charge in [0.2, 0.25) is 5.82 Å². The van der Waals surface area contributed by atoms with E-state index in [-0.39, 0.29) is 5.82 Å². The van der Waals surface area contributed by atoms with E-state index in [0.29, 0.717) is 19.8 Å². The minimum absolute atomic E-state index is 0.0557. The van der Waals surface area contributed by atoms with Crippen LogP contribution in [0.4, 0.5) is 0 Å². The Morgan fingerprint density at radius 2 is 2.18 bits per heavy atom. The van der Waals surface area contributed by atoms with Crippen LogP contribution in [0, 0.1) is 0 Å². The number of aromatic nitrogens is 2. The molecule has 1 spiro atoms. The number of rotatable bonds is 1. The van der Waals surface area contributed by atoms with Gasteiger partial charge in [0.1, 0.15) is 5.60 Å². The second kappa shape index (κ2) is 3.75. The predicted octanol–water partition coefficient (Wildman–Crippen LogP) is 0.111. The highest BCUT2D eigenvalue weighted by molar-refractivity contribution is 5.88. The summed E-state index contributed by atoms with van der Waals surface area (Å²) in [7, 11) is 0. The van der Waals surface area contributed by atoms with Gasteiger partial charge in [-0.05, 0) is 0 Å². The number of carbonyl (C=O) groups is 1. The number of nitrogens with two attached hydrogens (primary N) is 1. The third-order valence-electron chi connectivity index (χ3n) is 3.32. The largest absolute Gasteiger partial charge is 0.381 e. The fourth-order valence-corrected chi connectivity index (χ4v) is 2.39. The SMILES string of the molecule is NC(=O)c1ncc2c(n1)C1(CCOCC1)OC2. The van der Waals surface area contributed by atoms with E-state index < -0.39 is 11.5 Å². The number of fused-ring (bicyclic) bond motifs is 2. The van der Waals surface area contributed by atoms with Crippen LogP contribution >= 0.6 is 0 Å². The maximum Gasteiger partial charge on any atom is 0.286 e. The molecule has 0 atom stereocenters. The van der Waals surface area contributed by atoms with Crippen LogP contribution in [0.25, 0.3) is 0 Å². The van der Waals surface area contributed by atoms with Crippen molar-refractivity contribution in [2.24, 2.45) is 5.73 Å². The summed E-state index contributed by atoms with van der Waals surface area (Å²) >= 11 is 0. The highest BCUT2D eigenvalue weighted by atomic mass is 16.5. The Hall–Kier alpha value is -1.53. The molecular formula is C11H13N3O3. The van der Waals surface area contributed by atoms with Gasteiger partial charge in [-0.2, -0.15) is 0 Å². The van der Waals surface area contributed by atoms with Crippen molar-refractivity contribution in [3.63, 3.8) is 0 Å². The molecule has 90 valence electrons. The van der Waals surface area contributed by atoms with E-state index in [4.69, 9.17) is 15.2 Å². The summed E-state index contributed by atoms with van der Waals surface area (Å²) in [5.74, 6) is -0.554. The van der Waals surface area contributed by atoms with Crippen molar-refractivity contribution in [3.8, 4) is 0 Å². The van der Waals surface area contributed by atoms with Gasteiger partial charge in [-0.25, -0.2) is 9.97 Å². The molecule has 6 heteroatoms. The summed E-state index contributed by atoms with van der Waals surface area (Å²) in [5.41, 5.74) is 6.55. The number of carbonyl (C=O) groups excluding carboxylic acids is 1. The van der Waals surface area contributed by atoms with Crippen molar-refractivity contribution in [2.75, 3.05) is 13.2 Å². The molecule has 1 saturated heterocycles. The number of hydrogen-bond acceptors (Lipinski definition) is 5. The monoisotopic (exact) mass is 235 g/mol. The standard InChI is InChI=1S/C11H13N3O3/c12-9(15)10-13-5-7-6-17-11(8(7)14-10)1-3-16-4-2-11/h5H,1-4,6H2,(H2,12,15). The fourth-order valence-electron chi connectivity index (χ4n) is 2.39. The number of ether oxygens (including phenoxy) is 2. The van der Waals surface area contributed by atoms with Crippen molar-refractivity contribution in [3.05, 3.63) is 23.3 Å². The molecule has 1 amide bonds. The lowest BCUT2D eigenvalue weighted by molar-refractivity contribution is -0.109. The van der Waals surface area contributed by atoms with Gasteiger partial charge in [0.25, 0.3) is 5.91 Å². The third kappa shape index (κ3) is 1.60. The van der Waals surface area contributed by atoms with Crippen LogP contribution in [0.3, 0.4) is 0 Å². The molecule has 0 saturated carbocycles. The van der Waals surface area contributed by atoms with E-state index in [1.54, 1.807) is 6.20 Å². The lowest BCUT2D eigenvalue weighted by atomic mass is 9.90. The second-order valence-electron chi connectivity index (χ2n) is 4.33. The summed E-state index contributed by atoms with van der Waals surface area (Å²) in [6, 6.07) is 0. The van der Waals surface area contributed by atoms with Gasteiger partial charge in [-0.1, -0.05) is 0 Å². The van der Waals surface area contributed by atoms with Crippen molar-refractivity contribution >= 4 is 5.91 Å². The zero-order valence-electron chi connectivity index (χ0n) is 9.31. The number of hydrogen-bond donors (Lipinski definition) is 1. The molecule has 17 heavy (non-hydrogen) atoms. The Morgan fingerprint density at radius 1 is 1.41 bits per heavy atom. The number of amides is 1. The lowest BCUT2D eigenvalue weighted by Gasteiger charge is -2.32. The first-order chi connectivity index (χ1) is 8.21. The molecule has 2 aliphatic rings. The first-order valence-electron chi connectivity index (χ1n) is 5.59. The average Bonchev–Trinajstić information content (AvgIpc) is 2.69. The molecular weight excluding hydrogens is 222 g/mol. The number of primary amides is 1. The molecule has 3 rings (SSSR count). The van der Waals surface area contributed by atoms with Crippen molar-refractivity contribution in [2.45, 2.75) is 25.0 Å². The van der Waals surface area contributed by atoms with Crippen LogP contribution in [0.2, 0.25) is 0 Å². The van der Waals surface area contributed by atoms with Gasteiger partial charge in [-0.15, -0.1) is 0 Å². The number of nitrogens with zero attached hydrogens (tertiary/aromatic N) is 2. The zero-order chi connectivity index (χ0) is 11.9. The van der Waals surface area contributed by atoms with Gasteiger partial charge in [0.15, 0.2) is 0 Å².